The van der Waals surface area contributed by atoms with Gasteiger partial charge in [-0.25, -0.2) is 0 Å². The number of hydrogen-bond acceptors (Lipinski definition) is 4. The van der Waals surface area contributed by atoms with Crippen LogP contribution in [0.5, 0.6) is 0 Å². The number of carboxylic acid groups (broad SMARTS) is 2. The van der Waals surface area contributed by atoms with Gasteiger partial charge in [0.15, 0.2) is 0 Å². The van der Waals surface area contributed by atoms with Crippen molar-refractivity contribution in [3.63, 3.8) is 0 Å². The summed E-state index contributed by atoms with van der Waals surface area (Å²) in [5.41, 5.74) is 5.05. The van der Waals surface area contributed by atoms with Crippen LogP contribution in [-0.2, 0) is 9.59 Å². The predicted octanol–water partition coefficient (Wildman–Crippen LogP) is -1.19. The molecule has 0 radical (unpaired) electrons. The van der Waals surface area contributed by atoms with Crippen molar-refractivity contribution in [1.82, 2.24) is 5.32 Å². The van der Waals surface area contributed by atoms with Gasteiger partial charge in [-0.2, -0.15) is 0 Å². The molecule has 0 heterocycles. The average Bonchev–Trinajstić information content (AvgIpc) is 1.96. The molecule has 5 N–H and O–H groups in total. The lowest BCUT2D eigenvalue weighted by Gasteiger charge is -2.10. The standard InChI is InChI=1S/C6H12N2O4/c7-3-8-4(6(11)12)1-2-5(9)10/h4,8H,1-3,7H2,(H,9,10)(H,11,12). The monoisotopic (exact) mass is 176 g/mol. The quantitative estimate of drug-likeness (QED) is 0.378. The Morgan fingerprint density at radius 1 is 1.42 bits per heavy atom. The van der Waals surface area contributed by atoms with E-state index >= 15 is 0 Å². The first-order chi connectivity index (χ1) is 5.57. The summed E-state index contributed by atoms with van der Waals surface area (Å²) in [4.78, 5) is 20.5. The summed E-state index contributed by atoms with van der Waals surface area (Å²) in [7, 11) is 0. The SMILES string of the molecule is NCNC(CCC(=O)O)C(=O)O. The largest absolute Gasteiger partial charge is 0.481 e. The minimum atomic E-state index is -1.08. The Labute approximate surface area is 69.4 Å². The van der Waals surface area contributed by atoms with E-state index in [0.29, 0.717) is 0 Å². The summed E-state index contributed by atoms with van der Waals surface area (Å²) in [5.74, 6) is -2.10. The fraction of sp³-hybridized carbons (Fsp3) is 0.667. The second-order valence-electron chi connectivity index (χ2n) is 2.23. The van der Waals surface area contributed by atoms with E-state index in [-0.39, 0.29) is 19.5 Å². The van der Waals surface area contributed by atoms with Crippen LogP contribution in [0.2, 0.25) is 0 Å². The Morgan fingerprint density at radius 3 is 2.33 bits per heavy atom. The first-order valence-corrected chi connectivity index (χ1v) is 3.46. The zero-order valence-electron chi connectivity index (χ0n) is 6.49. The Balaban J connectivity index is 3.79. The average molecular weight is 176 g/mol. The van der Waals surface area contributed by atoms with Crippen LogP contribution in [0.25, 0.3) is 0 Å². The molecule has 6 nitrogen and oxygen atoms in total. The first-order valence-electron chi connectivity index (χ1n) is 3.46. The maximum atomic E-state index is 10.4. The smallest absolute Gasteiger partial charge is 0.320 e. The second-order valence-corrected chi connectivity index (χ2v) is 2.23. The maximum absolute atomic E-state index is 10.4. The molecular weight excluding hydrogens is 164 g/mol. The molecule has 0 bridgehead atoms. The van der Waals surface area contributed by atoms with E-state index in [2.05, 4.69) is 5.32 Å². The molecule has 0 amide bonds. The van der Waals surface area contributed by atoms with E-state index < -0.39 is 18.0 Å². The molecule has 12 heavy (non-hydrogen) atoms. The van der Waals surface area contributed by atoms with Gasteiger partial charge in [0.2, 0.25) is 0 Å². The first kappa shape index (κ1) is 10.9. The molecule has 1 atom stereocenters. The van der Waals surface area contributed by atoms with Crippen LogP contribution in [0, 0.1) is 0 Å². The molecule has 0 aromatic heterocycles. The molecule has 0 aromatic carbocycles. The number of nitrogens with two attached hydrogens (primary N) is 1. The third kappa shape index (κ3) is 4.64. The van der Waals surface area contributed by atoms with Gasteiger partial charge in [0.25, 0.3) is 0 Å². The molecule has 0 saturated carbocycles. The van der Waals surface area contributed by atoms with Gasteiger partial charge in [0, 0.05) is 13.1 Å². The van der Waals surface area contributed by atoms with Gasteiger partial charge in [-0.15, -0.1) is 0 Å². The maximum Gasteiger partial charge on any atom is 0.320 e. The minimum Gasteiger partial charge on any atom is -0.481 e. The van der Waals surface area contributed by atoms with Gasteiger partial charge in [-0.05, 0) is 6.42 Å². The highest BCUT2D eigenvalue weighted by Crippen LogP contribution is 1.96. The number of hydrogen-bond donors (Lipinski definition) is 4. The summed E-state index contributed by atoms with van der Waals surface area (Å²) in [6.45, 7) is 0.0244. The topological polar surface area (TPSA) is 113 Å². The molecule has 0 spiro atoms. The van der Waals surface area contributed by atoms with E-state index in [1.54, 1.807) is 0 Å². The van der Waals surface area contributed by atoms with Crippen molar-refractivity contribution in [2.24, 2.45) is 5.73 Å². The summed E-state index contributed by atoms with van der Waals surface area (Å²) >= 11 is 0. The molecule has 0 rings (SSSR count). The normalized spacial score (nSPS) is 12.4. The number of nitrogens with one attached hydrogen (secondary N) is 1. The van der Waals surface area contributed by atoms with Crippen LogP contribution in [0.4, 0.5) is 0 Å². The van der Waals surface area contributed by atoms with Crippen molar-refractivity contribution < 1.29 is 19.8 Å². The van der Waals surface area contributed by atoms with Crippen LogP contribution in [0.15, 0.2) is 0 Å². The van der Waals surface area contributed by atoms with Gasteiger partial charge in [0.1, 0.15) is 6.04 Å². The van der Waals surface area contributed by atoms with E-state index in [9.17, 15) is 9.59 Å². The van der Waals surface area contributed by atoms with Crippen molar-refractivity contribution in [2.45, 2.75) is 18.9 Å². The minimum absolute atomic E-state index is 0.0244. The second kappa shape index (κ2) is 5.50. The summed E-state index contributed by atoms with van der Waals surface area (Å²) < 4.78 is 0. The zero-order valence-corrected chi connectivity index (χ0v) is 6.49. The van der Waals surface area contributed by atoms with Crippen LogP contribution >= 0.6 is 0 Å². The predicted molar refractivity (Wildman–Crippen MR) is 40.5 cm³/mol. The molecule has 6 heteroatoms. The molecule has 0 fully saturated rings. The molecule has 0 aliphatic carbocycles. The Hall–Kier alpha value is -1.14. The Kier molecular flexibility index (Phi) is 4.98. The van der Waals surface area contributed by atoms with E-state index in [1.165, 1.54) is 0 Å². The molecule has 70 valence electrons. The van der Waals surface area contributed by atoms with Crippen molar-refractivity contribution >= 4 is 11.9 Å². The highest BCUT2D eigenvalue weighted by Gasteiger charge is 2.16. The fourth-order valence-electron chi connectivity index (χ4n) is 0.723. The third-order valence-corrected chi connectivity index (χ3v) is 1.31. The summed E-state index contributed by atoms with van der Waals surface area (Å²) in [6, 6.07) is -0.869. The lowest BCUT2D eigenvalue weighted by atomic mass is 10.1. The van der Waals surface area contributed by atoms with Crippen LogP contribution < -0.4 is 11.1 Å². The van der Waals surface area contributed by atoms with E-state index in [4.69, 9.17) is 15.9 Å². The van der Waals surface area contributed by atoms with Gasteiger partial charge in [0.05, 0.1) is 0 Å². The Bertz CT molecular complexity index is 171. The zero-order chi connectivity index (χ0) is 9.56. The van der Waals surface area contributed by atoms with Crippen molar-refractivity contribution in [3.8, 4) is 0 Å². The summed E-state index contributed by atoms with van der Waals surface area (Å²) in [5, 5.41) is 19.2. The van der Waals surface area contributed by atoms with Crippen molar-refractivity contribution in [3.05, 3.63) is 0 Å². The lowest BCUT2D eigenvalue weighted by Crippen LogP contribution is -2.40. The van der Waals surface area contributed by atoms with Gasteiger partial charge in [-0.1, -0.05) is 0 Å². The number of rotatable bonds is 6. The third-order valence-electron chi connectivity index (χ3n) is 1.31. The Morgan fingerprint density at radius 2 is 2.00 bits per heavy atom. The number of carboxylic acids is 2. The van der Waals surface area contributed by atoms with E-state index in [0.717, 1.165) is 0 Å². The van der Waals surface area contributed by atoms with Crippen molar-refractivity contribution in [1.29, 1.82) is 0 Å². The van der Waals surface area contributed by atoms with Crippen LogP contribution in [-0.4, -0.2) is 34.9 Å². The van der Waals surface area contributed by atoms with E-state index in [1.807, 2.05) is 0 Å². The molecule has 1 unspecified atom stereocenters. The lowest BCUT2D eigenvalue weighted by molar-refractivity contribution is -0.140. The number of aliphatic carboxylic acids is 2. The highest BCUT2D eigenvalue weighted by molar-refractivity contribution is 5.75. The van der Waals surface area contributed by atoms with Crippen LogP contribution in [0.3, 0.4) is 0 Å². The number of carbonyl (C=O) groups is 2. The fourth-order valence-corrected chi connectivity index (χ4v) is 0.723. The molecule has 0 saturated heterocycles. The molecular formula is C6H12N2O4. The highest BCUT2D eigenvalue weighted by atomic mass is 16.4. The molecule has 0 aromatic rings. The molecule has 0 aliphatic heterocycles. The van der Waals surface area contributed by atoms with Crippen LogP contribution in [0.1, 0.15) is 12.8 Å². The molecule has 0 aliphatic rings. The van der Waals surface area contributed by atoms with Gasteiger partial charge < -0.3 is 15.9 Å². The van der Waals surface area contributed by atoms with Gasteiger partial charge >= 0.3 is 11.9 Å². The van der Waals surface area contributed by atoms with Crippen molar-refractivity contribution in [2.75, 3.05) is 6.67 Å². The van der Waals surface area contributed by atoms with Gasteiger partial charge in [-0.3, -0.25) is 14.9 Å². The summed E-state index contributed by atoms with van der Waals surface area (Å²) in [6.07, 6.45) is -0.133.